The Labute approximate surface area is 85.5 Å². The Morgan fingerprint density at radius 1 is 1.07 bits per heavy atom. The SMILES string of the molecule is Fc1cc(C(F)C(F)(F)F)cc(F)c1Cl. The first-order valence-electron chi connectivity index (χ1n) is 3.58. The second kappa shape index (κ2) is 3.92. The van der Waals surface area contributed by atoms with Crippen molar-refractivity contribution in [1.82, 2.24) is 0 Å². The molecule has 1 unspecified atom stereocenters. The highest BCUT2D eigenvalue weighted by molar-refractivity contribution is 6.30. The van der Waals surface area contributed by atoms with E-state index in [0.29, 0.717) is 0 Å². The van der Waals surface area contributed by atoms with Crippen LogP contribution in [0.4, 0.5) is 26.3 Å². The number of rotatable bonds is 1. The van der Waals surface area contributed by atoms with E-state index in [1.165, 1.54) is 0 Å². The lowest BCUT2D eigenvalue weighted by atomic mass is 10.1. The van der Waals surface area contributed by atoms with E-state index in [0.717, 1.165) is 0 Å². The van der Waals surface area contributed by atoms with Crippen molar-refractivity contribution in [3.05, 3.63) is 34.4 Å². The Bertz CT molecular complexity index is 349. The summed E-state index contributed by atoms with van der Waals surface area (Å²) >= 11 is 5.01. The van der Waals surface area contributed by atoms with E-state index in [1.807, 2.05) is 0 Å². The first kappa shape index (κ1) is 12.2. The van der Waals surface area contributed by atoms with Gasteiger partial charge in [-0.25, -0.2) is 13.2 Å². The summed E-state index contributed by atoms with van der Waals surface area (Å²) in [6.45, 7) is 0. The van der Waals surface area contributed by atoms with Gasteiger partial charge in [0.1, 0.15) is 16.7 Å². The average Bonchev–Trinajstić information content (AvgIpc) is 2.10. The molecule has 1 atom stereocenters. The predicted octanol–water partition coefficient (Wildman–Crippen LogP) is 4.19. The Balaban J connectivity index is 3.17. The average molecular weight is 249 g/mol. The van der Waals surface area contributed by atoms with Crippen LogP contribution >= 0.6 is 11.6 Å². The van der Waals surface area contributed by atoms with E-state index in [9.17, 15) is 26.3 Å². The van der Waals surface area contributed by atoms with Crippen LogP contribution in [0.5, 0.6) is 0 Å². The van der Waals surface area contributed by atoms with Gasteiger partial charge in [0.05, 0.1) is 0 Å². The molecule has 0 amide bonds. The topological polar surface area (TPSA) is 0 Å². The van der Waals surface area contributed by atoms with Gasteiger partial charge in [-0.1, -0.05) is 11.6 Å². The summed E-state index contributed by atoms with van der Waals surface area (Å²) in [6, 6.07) is 0.424. The highest BCUT2D eigenvalue weighted by atomic mass is 35.5. The zero-order chi connectivity index (χ0) is 11.8. The first-order chi connectivity index (χ1) is 6.73. The van der Waals surface area contributed by atoms with Gasteiger partial charge in [0.15, 0.2) is 0 Å². The van der Waals surface area contributed by atoms with Crippen LogP contribution in [0.15, 0.2) is 12.1 Å². The summed E-state index contributed by atoms with van der Waals surface area (Å²) in [6.07, 6.45) is -8.63. The summed E-state index contributed by atoms with van der Waals surface area (Å²) in [5.74, 6) is -2.86. The van der Waals surface area contributed by atoms with Crippen molar-refractivity contribution < 1.29 is 26.3 Å². The van der Waals surface area contributed by atoms with Crippen LogP contribution in [0.2, 0.25) is 5.02 Å². The van der Waals surface area contributed by atoms with Gasteiger partial charge >= 0.3 is 6.18 Å². The monoisotopic (exact) mass is 248 g/mol. The molecule has 0 aliphatic rings. The fraction of sp³-hybridized carbons (Fsp3) is 0.250. The molecule has 7 heteroatoms. The molecule has 0 fully saturated rings. The van der Waals surface area contributed by atoms with Gasteiger partial charge < -0.3 is 0 Å². The molecule has 1 aromatic rings. The smallest absolute Gasteiger partial charge is 0.232 e. The first-order valence-corrected chi connectivity index (χ1v) is 3.96. The molecule has 0 spiro atoms. The van der Waals surface area contributed by atoms with Gasteiger partial charge in [-0.15, -0.1) is 0 Å². The lowest BCUT2D eigenvalue weighted by Crippen LogP contribution is -2.17. The molecule has 0 N–H and O–H groups in total. The normalized spacial score (nSPS) is 14.1. The van der Waals surface area contributed by atoms with Crippen LogP contribution < -0.4 is 0 Å². The minimum Gasteiger partial charge on any atom is -0.232 e. The lowest BCUT2D eigenvalue weighted by Gasteiger charge is -2.12. The van der Waals surface area contributed by atoms with Crippen LogP contribution in [0.25, 0.3) is 0 Å². The summed E-state index contributed by atoms with van der Waals surface area (Å²) in [5.41, 5.74) is -1.15. The molecule has 15 heavy (non-hydrogen) atoms. The van der Waals surface area contributed by atoms with Crippen LogP contribution in [-0.2, 0) is 0 Å². The molecule has 0 heterocycles. The molecule has 0 aliphatic carbocycles. The molecule has 0 aromatic heterocycles. The molecule has 0 saturated carbocycles. The maximum Gasteiger partial charge on any atom is 0.423 e. The minimum atomic E-state index is -5.20. The van der Waals surface area contributed by atoms with Crippen LogP contribution in [0.1, 0.15) is 11.7 Å². The van der Waals surface area contributed by atoms with Gasteiger partial charge in [0.2, 0.25) is 6.17 Å². The van der Waals surface area contributed by atoms with Crippen LogP contribution in [-0.4, -0.2) is 6.18 Å². The van der Waals surface area contributed by atoms with Crippen molar-refractivity contribution in [1.29, 1.82) is 0 Å². The third kappa shape index (κ3) is 2.56. The van der Waals surface area contributed by atoms with Crippen LogP contribution in [0.3, 0.4) is 0 Å². The third-order valence-corrected chi connectivity index (χ3v) is 1.95. The van der Waals surface area contributed by atoms with Crippen molar-refractivity contribution in [3.8, 4) is 0 Å². The van der Waals surface area contributed by atoms with Gasteiger partial charge in [-0.3, -0.25) is 0 Å². The lowest BCUT2D eigenvalue weighted by molar-refractivity contribution is -0.182. The number of alkyl halides is 4. The van der Waals surface area contributed by atoms with E-state index < -0.39 is 34.6 Å². The number of halogens is 7. The summed E-state index contributed by atoms with van der Waals surface area (Å²) in [5, 5.41) is -0.965. The Hall–Kier alpha value is -0.910. The molecule has 1 rings (SSSR count). The molecular formula is C8H3ClF6. The zero-order valence-corrected chi connectivity index (χ0v) is 7.63. The summed E-state index contributed by atoms with van der Waals surface area (Å²) < 4.78 is 73.5. The van der Waals surface area contributed by atoms with Gasteiger partial charge in [0, 0.05) is 5.56 Å². The number of hydrogen-bond acceptors (Lipinski definition) is 0. The number of benzene rings is 1. The van der Waals surface area contributed by atoms with E-state index in [2.05, 4.69) is 0 Å². The Kier molecular flexibility index (Phi) is 3.18. The highest BCUT2D eigenvalue weighted by Gasteiger charge is 2.41. The molecule has 1 aromatic carbocycles. The van der Waals surface area contributed by atoms with Crippen molar-refractivity contribution in [2.24, 2.45) is 0 Å². The quantitative estimate of drug-likeness (QED) is 0.516. The Morgan fingerprint density at radius 2 is 1.47 bits per heavy atom. The van der Waals surface area contributed by atoms with Crippen molar-refractivity contribution in [3.63, 3.8) is 0 Å². The third-order valence-electron chi connectivity index (χ3n) is 1.59. The molecule has 0 radical (unpaired) electrons. The summed E-state index contributed by atoms with van der Waals surface area (Å²) in [7, 11) is 0. The van der Waals surface area contributed by atoms with Gasteiger partial charge in [-0.05, 0) is 12.1 Å². The van der Waals surface area contributed by atoms with E-state index in [-0.39, 0.29) is 12.1 Å². The van der Waals surface area contributed by atoms with E-state index >= 15 is 0 Å². The van der Waals surface area contributed by atoms with Crippen molar-refractivity contribution in [2.75, 3.05) is 0 Å². The maximum absolute atomic E-state index is 12.7. The van der Waals surface area contributed by atoms with E-state index in [4.69, 9.17) is 11.6 Å². The molecule has 0 nitrogen and oxygen atoms in total. The summed E-state index contributed by atoms with van der Waals surface area (Å²) in [4.78, 5) is 0. The van der Waals surface area contributed by atoms with Crippen LogP contribution in [0, 0.1) is 11.6 Å². The Morgan fingerprint density at radius 3 is 1.80 bits per heavy atom. The van der Waals surface area contributed by atoms with E-state index in [1.54, 1.807) is 0 Å². The maximum atomic E-state index is 12.7. The zero-order valence-electron chi connectivity index (χ0n) is 6.88. The number of hydrogen-bond donors (Lipinski definition) is 0. The van der Waals surface area contributed by atoms with Gasteiger partial charge in [0.25, 0.3) is 0 Å². The highest BCUT2D eigenvalue weighted by Crippen LogP contribution is 2.37. The molecule has 0 saturated heterocycles. The van der Waals surface area contributed by atoms with Crippen molar-refractivity contribution >= 4 is 11.6 Å². The minimum absolute atomic E-state index is 0.212. The molecule has 0 bridgehead atoms. The molecular weight excluding hydrogens is 246 g/mol. The van der Waals surface area contributed by atoms with Gasteiger partial charge in [-0.2, -0.15) is 13.2 Å². The largest absolute Gasteiger partial charge is 0.423 e. The second-order valence-electron chi connectivity index (χ2n) is 2.70. The molecule has 0 aliphatic heterocycles. The predicted molar refractivity (Wildman–Crippen MR) is 41.3 cm³/mol. The standard InChI is InChI=1S/C8H3ClF6/c9-6-4(10)1-3(2-5(6)11)7(12)8(13,14)15/h1-2,7H. The second-order valence-corrected chi connectivity index (χ2v) is 3.08. The fourth-order valence-corrected chi connectivity index (χ4v) is 1.02. The van der Waals surface area contributed by atoms with Crippen molar-refractivity contribution in [2.45, 2.75) is 12.3 Å². The fourth-order valence-electron chi connectivity index (χ4n) is 0.910. The molecule has 84 valence electrons.